The van der Waals surface area contributed by atoms with Gasteiger partial charge in [-0.2, -0.15) is 8.42 Å². The van der Waals surface area contributed by atoms with E-state index in [0.29, 0.717) is 19.0 Å². The highest BCUT2D eigenvalue weighted by Crippen LogP contribution is 2.23. The smallest absolute Gasteiger partial charge is 0.264 e. The molecular formula is C18H29N3O4SSi. The molecule has 0 saturated heterocycles. The van der Waals surface area contributed by atoms with Crippen LogP contribution in [0, 0.1) is 0 Å². The largest absolute Gasteiger partial charge is 0.361 e. The standard InChI is InChI=1S/C18H29N3O4SSi/c1-14(2)9-16-18-17(20-12-19-16)10-15(11-25-26(3,22)23)21(18)13-24-7-8-27(4,5)6/h9-10,12H,7-8,11,13H2,1-6H3. The van der Waals surface area contributed by atoms with E-state index in [0.717, 1.165) is 34.6 Å². The van der Waals surface area contributed by atoms with Crippen LogP contribution in [-0.2, 0) is 32.4 Å². The zero-order valence-corrected chi connectivity index (χ0v) is 18.8. The van der Waals surface area contributed by atoms with Crippen molar-refractivity contribution in [1.29, 1.82) is 0 Å². The number of hydrogen-bond acceptors (Lipinski definition) is 6. The maximum Gasteiger partial charge on any atom is 0.264 e. The highest BCUT2D eigenvalue weighted by Gasteiger charge is 2.17. The molecule has 0 unspecified atom stereocenters. The first-order chi connectivity index (χ1) is 12.5. The van der Waals surface area contributed by atoms with Gasteiger partial charge in [0.1, 0.15) is 19.7 Å². The summed E-state index contributed by atoms with van der Waals surface area (Å²) in [7, 11) is -4.74. The molecule has 7 nitrogen and oxygen atoms in total. The Hall–Kier alpha value is -1.55. The highest BCUT2D eigenvalue weighted by atomic mass is 32.2. The van der Waals surface area contributed by atoms with E-state index >= 15 is 0 Å². The van der Waals surface area contributed by atoms with Crippen molar-refractivity contribution >= 4 is 35.3 Å². The maximum atomic E-state index is 11.4. The van der Waals surface area contributed by atoms with E-state index in [1.165, 1.54) is 6.33 Å². The van der Waals surface area contributed by atoms with Crippen LogP contribution in [0.1, 0.15) is 25.2 Å². The Kier molecular flexibility index (Phi) is 6.96. The van der Waals surface area contributed by atoms with Gasteiger partial charge in [0.05, 0.1) is 28.7 Å². The Labute approximate surface area is 162 Å². The molecule has 2 aromatic rings. The van der Waals surface area contributed by atoms with Gasteiger partial charge in [0.25, 0.3) is 10.1 Å². The van der Waals surface area contributed by atoms with Gasteiger partial charge < -0.3 is 9.30 Å². The molecule has 0 aliphatic carbocycles. The van der Waals surface area contributed by atoms with Crippen molar-refractivity contribution in [3.8, 4) is 0 Å². The van der Waals surface area contributed by atoms with Crippen molar-refractivity contribution < 1.29 is 17.3 Å². The Morgan fingerprint density at radius 2 is 1.96 bits per heavy atom. The van der Waals surface area contributed by atoms with Crippen molar-refractivity contribution in [2.45, 2.75) is 52.9 Å². The molecule has 0 bridgehead atoms. The van der Waals surface area contributed by atoms with Gasteiger partial charge in [-0.05, 0) is 32.0 Å². The quantitative estimate of drug-likeness (QED) is 0.356. The lowest BCUT2D eigenvalue weighted by atomic mass is 10.2. The predicted octanol–water partition coefficient (Wildman–Crippen LogP) is 3.64. The molecule has 2 rings (SSSR count). The van der Waals surface area contributed by atoms with E-state index in [-0.39, 0.29) is 6.61 Å². The summed E-state index contributed by atoms with van der Waals surface area (Å²) in [5, 5.41) is 0. The average molecular weight is 412 g/mol. The Morgan fingerprint density at radius 3 is 2.56 bits per heavy atom. The van der Waals surface area contributed by atoms with Crippen molar-refractivity contribution in [1.82, 2.24) is 14.5 Å². The Bertz CT molecular complexity index is 926. The molecule has 27 heavy (non-hydrogen) atoms. The lowest BCUT2D eigenvalue weighted by Gasteiger charge is -2.17. The van der Waals surface area contributed by atoms with Crippen molar-refractivity contribution in [3.05, 3.63) is 29.4 Å². The van der Waals surface area contributed by atoms with Gasteiger partial charge in [-0.25, -0.2) is 9.97 Å². The number of rotatable bonds is 9. The fourth-order valence-corrected chi connectivity index (χ4v) is 3.61. The van der Waals surface area contributed by atoms with E-state index in [1.807, 2.05) is 30.6 Å². The first kappa shape index (κ1) is 21.7. The van der Waals surface area contributed by atoms with Gasteiger partial charge in [0.2, 0.25) is 0 Å². The molecule has 2 heterocycles. The van der Waals surface area contributed by atoms with Crippen molar-refractivity contribution in [3.63, 3.8) is 0 Å². The normalized spacial score (nSPS) is 12.5. The molecule has 0 saturated carbocycles. The summed E-state index contributed by atoms with van der Waals surface area (Å²) in [5.74, 6) is 0. The third-order valence-electron chi connectivity index (χ3n) is 3.86. The molecule has 0 amide bonds. The fraction of sp³-hybridized carbons (Fsp3) is 0.556. The average Bonchev–Trinajstić information content (AvgIpc) is 2.86. The third kappa shape index (κ3) is 6.84. The second-order valence-corrected chi connectivity index (χ2v) is 15.4. The van der Waals surface area contributed by atoms with Crippen molar-refractivity contribution in [2.24, 2.45) is 0 Å². The van der Waals surface area contributed by atoms with Crippen LogP contribution in [0.4, 0.5) is 0 Å². The summed E-state index contributed by atoms with van der Waals surface area (Å²) in [6, 6.07) is 2.88. The van der Waals surface area contributed by atoms with E-state index in [1.54, 1.807) is 0 Å². The van der Waals surface area contributed by atoms with Crippen LogP contribution in [-0.4, -0.2) is 43.9 Å². The minimum Gasteiger partial charge on any atom is -0.361 e. The second-order valence-electron chi connectivity index (χ2n) is 8.09. The van der Waals surface area contributed by atoms with Crippen LogP contribution in [0.2, 0.25) is 25.7 Å². The second kappa shape index (κ2) is 8.64. The predicted molar refractivity (Wildman–Crippen MR) is 111 cm³/mol. The maximum absolute atomic E-state index is 11.4. The zero-order chi connectivity index (χ0) is 20.2. The number of hydrogen-bond donors (Lipinski definition) is 0. The molecule has 0 spiro atoms. The molecule has 0 aromatic carbocycles. The molecule has 0 aliphatic rings. The van der Waals surface area contributed by atoms with E-state index in [9.17, 15) is 8.42 Å². The van der Waals surface area contributed by atoms with Crippen molar-refractivity contribution in [2.75, 3.05) is 12.9 Å². The number of ether oxygens (including phenoxy) is 1. The Morgan fingerprint density at radius 1 is 1.26 bits per heavy atom. The van der Waals surface area contributed by atoms with Gasteiger partial charge in [-0.15, -0.1) is 0 Å². The molecule has 0 aliphatic heterocycles. The molecule has 150 valence electrons. The summed E-state index contributed by atoms with van der Waals surface area (Å²) < 4.78 is 35.7. The fourth-order valence-electron chi connectivity index (χ4n) is 2.52. The van der Waals surface area contributed by atoms with E-state index in [4.69, 9.17) is 8.92 Å². The van der Waals surface area contributed by atoms with Crippen LogP contribution >= 0.6 is 0 Å². The summed E-state index contributed by atoms with van der Waals surface area (Å²) in [5.41, 5.74) is 4.13. The molecule has 0 radical (unpaired) electrons. The number of nitrogens with zero attached hydrogens (tertiary/aromatic N) is 3. The van der Waals surface area contributed by atoms with Crippen LogP contribution in [0.25, 0.3) is 17.1 Å². The number of allylic oxidation sites excluding steroid dienone is 1. The van der Waals surface area contributed by atoms with Gasteiger partial charge in [0.15, 0.2) is 0 Å². The minimum atomic E-state index is -3.55. The SMILES string of the molecule is CC(C)=Cc1ncnc2cc(COS(C)(=O)=O)n(COCC[Si](C)(C)C)c12. The van der Waals surface area contributed by atoms with Crippen LogP contribution < -0.4 is 0 Å². The van der Waals surface area contributed by atoms with Crippen LogP contribution in [0.15, 0.2) is 18.0 Å². The Balaban J connectivity index is 2.39. The third-order valence-corrected chi connectivity index (χ3v) is 6.11. The van der Waals surface area contributed by atoms with E-state index in [2.05, 4.69) is 29.6 Å². The zero-order valence-electron chi connectivity index (χ0n) is 16.9. The molecule has 0 atom stereocenters. The summed E-state index contributed by atoms with van der Waals surface area (Å²) in [6.07, 6.45) is 4.53. The molecule has 2 aromatic heterocycles. The topological polar surface area (TPSA) is 83.3 Å². The van der Waals surface area contributed by atoms with Gasteiger partial charge in [-0.1, -0.05) is 25.2 Å². The first-order valence-corrected chi connectivity index (χ1v) is 14.4. The summed E-state index contributed by atoms with van der Waals surface area (Å²) in [4.78, 5) is 8.71. The molecular weight excluding hydrogens is 382 g/mol. The minimum absolute atomic E-state index is 0.0686. The number of fused-ring (bicyclic) bond motifs is 1. The van der Waals surface area contributed by atoms with E-state index < -0.39 is 18.2 Å². The van der Waals surface area contributed by atoms with Crippen LogP contribution in [0.5, 0.6) is 0 Å². The van der Waals surface area contributed by atoms with Gasteiger partial charge in [-0.3, -0.25) is 4.18 Å². The summed E-state index contributed by atoms with van der Waals surface area (Å²) in [6.45, 7) is 11.8. The first-order valence-electron chi connectivity index (χ1n) is 8.86. The lowest BCUT2D eigenvalue weighted by Crippen LogP contribution is -2.22. The molecule has 0 N–H and O–H groups in total. The summed E-state index contributed by atoms with van der Waals surface area (Å²) >= 11 is 0. The molecule has 0 fully saturated rings. The van der Waals surface area contributed by atoms with Crippen LogP contribution in [0.3, 0.4) is 0 Å². The highest BCUT2D eigenvalue weighted by molar-refractivity contribution is 7.85. The van der Waals surface area contributed by atoms with Gasteiger partial charge >= 0.3 is 0 Å². The van der Waals surface area contributed by atoms with Gasteiger partial charge in [0, 0.05) is 14.7 Å². The lowest BCUT2D eigenvalue weighted by molar-refractivity contribution is 0.0862. The number of aromatic nitrogens is 3. The monoisotopic (exact) mass is 411 g/mol. The molecule has 9 heteroatoms.